The summed E-state index contributed by atoms with van der Waals surface area (Å²) in [5.41, 5.74) is 6.27. The highest BCUT2D eigenvalue weighted by atomic mass is 79.9. The van der Waals surface area contributed by atoms with E-state index in [0.717, 1.165) is 24.5 Å². The molecule has 0 aromatic carbocycles. The van der Waals surface area contributed by atoms with Crippen LogP contribution in [0, 0.1) is 0 Å². The highest BCUT2D eigenvalue weighted by molar-refractivity contribution is 9.10. The zero-order chi connectivity index (χ0) is 11.3. The van der Waals surface area contributed by atoms with E-state index in [-0.39, 0.29) is 5.56 Å². The minimum Gasteiger partial charge on any atom is -0.398 e. The third kappa shape index (κ3) is 3.91. The average Bonchev–Trinajstić information content (AvgIpc) is 2.19. The van der Waals surface area contributed by atoms with Crippen LogP contribution in [0.3, 0.4) is 0 Å². The molecule has 1 aromatic rings. The van der Waals surface area contributed by atoms with Crippen LogP contribution in [-0.2, 0) is 6.54 Å². The quantitative estimate of drug-likeness (QED) is 0.847. The number of rotatable bonds is 5. The topological polar surface area (TPSA) is 48.0 Å². The van der Waals surface area contributed by atoms with Gasteiger partial charge in [-0.25, -0.2) is 0 Å². The van der Waals surface area contributed by atoms with Crippen LogP contribution in [0.5, 0.6) is 0 Å². The van der Waals surface area contributed by atoms with Crippen molar-refractivity contribution < 1.29 is 0 Å². The van der Waals surface area contributed by atoms with Gasteiger partial charge in [0.2, 0.25) is 0 Å². The van der Waals surface area contributed by atoms with Crippen molar-refractivity contribution in [3.8, 4) is 0 Å². The molecule has 0 amide bonds. The van der Waals surface area contributed by atoms with E-state index in [4.69, 9.17) is 5.73 Å². The first-order valence-corrected chi connectivity index (χ1v) is 6.83. The summed E-state index contributed by atoms with van der Waals surface area (Å²) >= 11 is 5.08. The Bertz CT molecular complexity index is 378. The number of nitrogens with two attached hydrogens (primary N) is 1. The predicted octanol–water partition coefficient (Wildman–Crippen LogP) is 2.34. The fourth-order valence-electron chi connectivity index (χ4n) is 1.27. The van der Waals surface area contributed by atoms with Crippen molar-refractivity contribution in [3.63, 3.8) is 0 Å². The van der Waals surface area contributed by atoms with Gasteiger partial charge in [0, 0.05) is 18.4 Å². The fraction of sp³-hybridized carbons (Fsp3) is 0.500. The van der Waals surface area contributed by atoms with Gasteiger partial charge in [-0.05, 0) is 39.9 Å². The lowest BCUT2D eigenvalue weighted by molar-refractivity contribution is 0.657. The lowest BCUT2D eigenvalue weighted by Gasteiger charge is -2.06. The van der Waals surface area contributed by atoms with Crippen LogP contribution in [0.25, 0.3) is 0 Å². The molecule has 0 saturated carbocycles. The standard InChI is InChI=1S/C10H15BrN2OS/c1-2-15-5-3-4-13-7-8(12)6-9(11)10(13)14/h6-7H,2-5,12H2,1H3. The molecule has 0 aliphatic rings. The highest BCUT2D eigenvalue weighted by Gasteiger charge is 2.02. The molecule has 1 aromatic heterocycles. The van der Waals surface area contributed by atoms with Crippen molar-refractivity contribution in [1.29, 1.82) is 0 Å². The van der Waals surface area contributed by atoms with Crippen molar-refractivity contribution >= 4 is 33.4 Å². The minimum atomic E-state index is -0.00861. The molecular formula is C10H15BrN2OS. The first kappa shape index (κ1) is 12.6. The molecule has 0 atom stereocenters. The highest BCUT2D eigenvalue weighted by Crippen LogP contribution is 2.09. The van der Waals surface area contributed by atoms with Crippen LogP contribution in [0.1, 0.15) is 13.3 Å². The monoisotopic (exact) mass is 290 g/mol. The number of aromatic nitrogens is 1. The van der Waals surface area contributed by atoms with E-state index in [1.807, 2.05) is 11.8 Å². The number of pyridine rings is 1. The van der Waals surface area contributed by atoms with Gasteiger partial charge in [-0.3, -0.25) is 4.79 Å². The van der Waals surface area contributed by atoms with Gasteiger partial charge in [0.15, 0.2) is 0 Å². The van der Waals surface area contributed by atoms with Gasteiger partial charge >= 0.3 is 0 Å². The molecule has 0 saturated heterocycles. The van der Waals surface area contributed by atoms with Crippen molar-refractivity contribution in [3.05, 3.63) is 27.1 Å². The summed E-state index contributed by atoms with van der Waals surface area (Å²) in [7, 11) is 0. The molecule has 1 heterocycles. The van der Waals surface area contributed by atoms with Crippen molar-refractivity contribution in [1.82, 2.24) is 4.57 Å². The van der Waals surface area contributed by atoms with E-state index >= 15 is 0 Å². The van der Waals surface area contributed by atoms with Crippen LogP contribution in [-0.4, -0.2) is 16.1 Å². The normalized spacial score (nSPS) is 10.5. The Hall–Kier alpha value is -0.420. The number of hydrogen-bond acceptors (Lipinski definition) is 3. The number of aryl methyl sites for hydroxylation is 1. The van der Waals surface area contributed by atoms with Crippen molar-refractivity contribution in [2.45, 2.75) is 19.9 Å². The SMILES string of the molecule is CCSCCCn1cc(N)cc(Br)c1=O. The molecule has 0 unspecified atom stereocenters. The summed E-state index contributed by atoms with van der Waals surface area (Å²) < 4.78 is 2.20. The van der Waals surface area contributed by atoms with Gasteiger partial charge in [-0.15, -0.1) is 0 Å². The van der Waals surface area contributed by atoms with Crippen molar-refractivity contribution in [2.75, 3.05) is 17.2 Å². The number of hydrogen-bond donors (Lipinski definition) is 1. The van der Waals surface area contributed by atoms with Gasteiger partial charge < -0.3 is 10.3 Å². The van der Waals surface area contributed by atoms with Crippen LogP contribution >= 0.6 is 27.7 Å². The smallest absolute Gasteiger partial charge is 0.264 e. The van der Waals surface area contributed by atoms with Crippen LogP contribution in [0.15, 0.2) is 21.5 Å². The summed E-state index contributed by atoms with van der Waals surface area (Å²) in [5.74, 6) is 2.20. The van der Waals surface area contributed by atoms with Gasteiger partial charge in [0.05, 0.1) is 4.47 Å². The summed E-state index contributed by atoms with van der Waals surface area (Å²) in [6.45, 7) is 2.86. The molecule has 15 heavy (non-hydrogen) atoms. The number of nitrogen functional groups attached to an aromatic ring is 1. The lowest BCUT2D eigenvalue weighted by atomic mass is 10.4. The number of anilines is 1. The van der Waals surface area contributed by atoms with E-state index in [1.54, 1.807) is 16.8 Å². The first-order chi connectivity index (χ1) is 7.15. The molecule has 0 spiro atoms. The Morgan fingerprint density at radius 1 is 1.60 bits per heavy atom. The second-order valence-corrected chi connectivity index (χ2v) is 5.42. The van der Waals surface area contributed by atoms with E-state index in [9.17, 15) is 4.79 Å². The van der Waals surface area contributed by atoms with E-state index in [0.29, 0.717) is 10.2 Å². The molecule has 0 aliphatic heterocycles. The molecule has 3 nitrogen and oxygen atoms in total. The second kappa shape index (κ2) is 6.23. The maximum atomic E-state index is 11.6. The Kier molecular flexibility index (Phi) is 5.25. The summed E-state index contributed by atoms with van der Waals surface area (Å²) in [4.78, 5) is 11.6. The molecule has 2 N–H and O–H groups in total. The van der Waals surface area contributed by atoms with Crippen molar-refractivity contribution in [2.24, 2.45) is 0 Å². The van der Waals surface area contributed by atoms with Gasteiger partial charge in [-0.1, -0.05) is 6.92 Å². The number of halogens is 1. The van der Waals surface area contributed by atoms with E-state index in [1.165, 1.54) is 0 Å². The zero-order valence-corrected chi connectivity index (χ0v) is 11.1. The Balaban J connectivity index is 2.64. The maximum absolute atomic E-state index is 11.6. The van der Waals surface area contributed by atoms with E-state index in [2.05, 4.69) is 22.9 Å². The largest absolute Gasteiger partial charge is 0.398 e. The molecular weight excluding hydrogens is 276 g/mol. The molecule has 0 aliphatic carbocycles. The lowest BCUT2D eigenvalue weighted by Crippen LogP contribution is -2.21. The van der Waals surface area contributed by atoms with Crippen LogP contribution in [0.4, 0.5) is 5.69 Å². The summed E-state index contributed by atoms with van der Waals surface area (Å²) in [6.07, 6.45) is 2.69. The average molecular weight is 291 g/mol. The molecule has 0 radical (unpaired) electrons. The Labute approximate surface area is 102 Å². The minimum absolute atomic E-state index is 0.00861. The molecule has 1 rings (SSSR count). The molecule has 0 bridgehead atoms. The molecule has 5 heteroatoms. The van der Waals surface area contributed by atoms with Gasteiger partial charge in [0.25, 0.3) is 5.56 Å². The third-order valence-corrected chi connectivity index (χ3v) is 3.51. The number of nitrogens with zero attached hydrogens (tertiary/aromatic N) is 1. The van der Waals surface area contributed by atoms with Gasteiger partial charge in [-0.2, -0.15) is 11.8 Å². The molecule has 0 fully saturated rings. The van der Waals surface area contributed by atoms with Crippen LogP contribution < -0.4 is 11.3 Å². The summed E-state index contributed by atoms with van der Waals surface area (Å²) in [5, 5.41) is 0. The van der Waals surface area contributed by atoms with Crippen LogP contribution in [0.2, 0.25) is 0 Å². The Morgan fingerprint density at radius 3 is 3.00 bits per heavy atom. The third-order valence-electron chi connectivity index (χ3n) is 1.96. The number of thioether (sulfide) groups is 1. The maximum Gasteiger partial charge on any atom is 0.264 e. The Morgan fingerprint density at radius 2 is 2.33 bits per heavy atom. The first-order valence-electron chi connectivity index (χ1n) is 4.88. The predicted molar refractivity (Wildman–Crippen MR) is 70.4 cm³/mol. The van der Waals surface area contributed by atoms with Gasteiger partial charge in [0.1, 0.15) is 0 Å². The second-order valence-electron chi connectivity index (χ2n) is 3.17. The van der Waals surface area contributed by atoms with E-state index < -0.39 is 0 Å². The summed E-state index contributed by atoms with van der Waals surface area (Å²) in [6, 6.07) is 1.64. The zero-order valence-electron chi connectivity index (χ0n) is 8.70. The molecule has 84 valence electrons. The fourth-order valence-corrected chi connectivity index (χ4v) is 2.38.